The molecular weight excluding hydrogens is 372 g/mol. The number of ether oxygens (including phenoxy) is 3. The van der Waals surface area contributed by atoms with Crippen LogP contribution < -0.4 is 20.1 Å². The number of rotatable bonds is 2. The number of benzene rings is 1. The van der Waals surface area contributed by atoms with Gasteiger partial charge in [0.2, 0.25) is 6.79 Å². The van der Waals surface area contributed by atoms with Crippen molar-refractivity contribution in [2.75, 3.05) is 13.9 Å². The second-order valence-corrected chi connectivity index (χ2v) is 6.05. The Morgan fingerprint density at radius 1 is 1.41 bits per heavy atom. The standard InChI is InChI=1S/C14H13BrN2O4S/c1-6-11(13(18)19-2)12(17-14(22)16-6)7-3-9-10(4-8(7)15)21-5-20-9/h3-4,12H,5H2,1-2H3,(H2,16,17,22)/t12-/m1/s1. The van der Waals surface area contributed by atoms with E-state index in [4.69, 9.17) is 26.4 Å². The zero-order valence-corrected chi connectivity index (χ0v) is 14.3. The predicted molar refractivity (Wildman–Crippen MR) is 86.6 cm³/mol. The van der Waals surface area contributed by atoms with Crippen LogP contribution in [0, 0.1) is 0 Å². The van der Waals surface area contributed by atoms with Gasteiger partial charge in [-0.25, -0.2) is 4.79 Å². The van der Waals surface area contributed by atoms with Crippen molar-refractivity contribution in [3.63, 3.8) is 0 Å². The average Bonchev–Trinajstić information content (AvgIpc) is 2.91. The largest absolute Gasteiger partial charge is 0.466 e. The Balaban J connectivity index is 2.10. The van der Waals surface area contributed by atoms with E-state index in [9.17, 15) is 4.79 Å². The summed E-state index contributed by atoms with van der Waals surface area (Å²) in [7, 11) is 1.35. The Morgan fingerprint density at radius 2 is 2.09 bits per heavy atom. The van der Waals surface area contributed by atoms with Crippen LogP contribution in [0.4, 0.5) is 0 Å². The van der Waals surface area contributed by atoms with Crippen molar-refractivity contribution in [3.05, 3.63) is 33.4 Å². The van der Waals surface area contributed by atoms with Crippen molar-refractivity contribution in [2.45, 2.75) is 13.0 Å². The number of thiocarbonyl (C=S) groups is 1. The van der Waals surface area contributed by atoms with Gasteiger partial charge in [-0.2, -0.15) is 0 Å². The summed E-state index contributed by atoms with van der Waals surface area (Å²) in [6.45, 7) is 1.97. The summed E-state index contributed by atoms with van der Waals surface area (Å²) in [5.74, 6) is 0.869. The zero-order chi connectivity index (χ0) is 15.9. The number of nitrogens with one attached hydrogen (secondary N) is 2. The number of hydrogen-bond donors (Lipinski definition) is 2. The molecule has 0 spiro atoms. The highest BCUT2D eigenvalue weighted by Gasteiger charge is 2.33. The molecule has 6 nitrogen and oxygen atoms in total. The van der Waals surface area contributed by atoms with Crippen molar-refractivity contribution in [2.24, 2.45) is 0 Å². The number of carbonyl (C=O) groups is 1. The molecule has 2 heterocycles. The van der Waals surface area contributed by atoms with Crippen LogP contribution in [0.15, 0.2) is 27.9 Å². The number of hydrogen-bond acceptors (Lipinski definition) is 5. The molecule has 0 saturated carbocycles. The Bertz CT molecular complexity index is 704. The number of carbonyl (C=O) groups excluding carboxylic acids is 1. The van der Waals surface area contributed by atoms with Gasteiger partial charge < -0.3 is 24.8 Å². The molecule has 2 N–H and O–H groups in total. The minimum atomic E-state index is -0.440. The molecule has 0 amide bonds. The van der Waals surface area contributed by atoms with E-state index in [0.717, 1.165) is 10.0 Å². The summed E-state index contributed by atoms with van der Waals surface area (Å²) in [6, 6.07) is 3.20. The maximum absolute atomic E-state index is 12.1. The highest BCUT2D eigenvalue weighted by atomic mass is 79.9. The summed E-state index contributed by atoms with van der Waals surface area (Å²) in [6.07, 6.45) is 0. The first-order valence-corrected chi connectivity index (χ1v) is 7.67. The first kappa shape index (κ1) is 15.1. The van der Waals surface area contributed by atoms with Crippen molar-refractivity contribution in [1.29, 1.82) is 0 Å². The van der Waals surface area contributed by atoms with Crippen LogP contribution in [0.1, 0.15) is 18.5 Å². The molecule has 3 rings (SSSR count). The van der Waals surface area contributed by atoms with Gasteiger partial charge in [0, 0.05) is 10.2 Å². The lowest BCUT2D eigenvalue weighted by atomic mass is 9.95. The van der Waals surface area contributed by atoms with Gasteiger partial charge in [-0.3, -0.25) is 0 Å². The molecule has 1 aromatic carbocycles. The van der Waals surface area contributed by atoms with E-state index < -0.39 is 12.0 Å². The van der Waals surface area contributed by atoms with E-state index in [1.807, 2.05) is 12.1 Å². The second kappa shape index (κ2) is 5.77. The first-order chi connectivity index (χ1) is 10.5. The number of fused-ring (bicyclic) bond motifs is 1. The fraction of sp³-hybridized carbons (Fsp3) is 0.286. The van der Waals surface area contributed by atoms with Gasteiger partial charge in [0.1, 0.15) is 0 Å². The molecule has 1 atom stereocenters. The molecule has 0 unspecified atom stereocenters. The molecule has 0 saturated heterocycles. The lowest BCUT2D eigenvalue weighted by Crippen LogP contribution is -2.45. The quantitative estimate of drug-likeness (QED) is 0.597. The molecule has 8 heteroatoms. The summed E-state index contributed by atoms with van der Waals surface area (Å²) in [5.41, 5.74) is 1.94. The molecule has 0 bridgehead atoms. The van der Waals surface area contributed by atoms with Crippen molar-refractivity contribution in [3.8, 4) is 11.5 Å². The molecular formula is C14H13BrN2O4S. The third-order valence-electron chi connectivity index (χ3n) is 3.48. The van der Waals surface area contributed by atoms with Crippen LogP contribution in [-0.2, 0) is 9.53 Å². The van der Waals surface area contributed by atoms with Gasteiger partial charge in [0.15, 0.2) is 16.6 Å². The van der Waals surface area contributed by atoms with Gasteiger partial charge >= 0.3 is 5.97 Å². The van der Waals surface area contributed by atoms with Gasteiger partial charge in [-0.05, 0) is 36.8 Å². The minimum Gasteiger partial charge on any atom is -0.466 e. The number of esters is 1. The van der Waals surface area contributed by atoms with E-state index in [2.05, 4.69) is 26.6 Å². The van der Waals surface area contributed by atoms with Crippen LogP contribution in [0.25, 0.3) is 0 Å². The minimum absolute atomic E-state index is 0.183. The molecule has 0 aliphatic carbocycles. The van der Waals surface area contributed by atoms with Crippen LogP contribution in [-0.4, -0.2) is 25.0 Å². The highest BCUT2D eigenvalue weighted by molar-refractivity contribution is 9.10. The van der Waals surface area contributed by atoms with Crippen LogP contribution in [0.3, 0.4) is 0 Å². The number of methoxy groups -OCH3 is 1. The summed E-state index contributed by atoms with van der Waals surface area (Å²) >= 11 is 8.71. The predicted octanol–water partition coefficient (Wildman–Crippen LogP) is 2.14. The molecule has 0 fully saturated rings. The molecule has 22 heavy (non-hydrogen) atoms. The van der Waals surface area contributed by atoms with Crippen molar-refractivity contribution in [1.82, 2.24) is 10.6 Å². The zero-order valence-electron chi connectivity index (χ0n) is 11.9. The Labute approximate surface area is 140 Å². The summed E-state index contributed by atoms with van der Waals surface area (Å²) < 4.78 is 16.4. The number of halogens is 1. The van der Waals surface area contributed by atoms with Gasteiger partial charge in [0.25, 0.3) is 0 Å². The lowest BCUT2D eigenvalue weighted by Gasteiger charge is -2.30. The van der Waals surface area contributed by atoms with Gasteiger partial charge in [0.05, 0.1) is 18.7 Å². The smallest absolute Gasteiger partial charge is 0.337 e. The van der Waals surface area contributed by atoms with Crippen molar-refractivity contribution < 1.29 is 19.0 Å². The lowest BCUT2D eigenvalue weighted by molar-refractivity contribution is -0.136. The molecule has 1 aromatic rings. The van der Waals surface area contributed by atoms with E-state index in [1.54, 1.807) is 6.92 Å². The topological polar surface area (TPSA) is 68.8 Å². The Hall–Kier alpha value is -1.80. The van der Waals surface area contributed by atoms with Gasteiger partial charge in [-0.1, -0.05) is 15.9 Å². The first-order valence-electron chi connectivity index (χ1n) is 6.47. The Kier molecular flexibility index (Phi) is 3.96. The van der Waals surface area contributed by atoms with Crippen LogP contribution in [0.2, 0.25) is 0 Å². The maximum atomic E-state index is 12.1. The molecule has 116 valence electrons. The summed E-state index contributed by atoms with van der Waals surface area (Å²) in [4.78, 5) is 12.1. The second-order valence-electron chi connectivity index (χ2n) is 4.79. The fourth-order valence-corrected chi connectivity index (χ4v) is 3.28. The van der Waals surface area contributed by atoms with Crippen LogP contribution >= 0.6 is 28.1 Å². The van der Waals surface area contributed by atoms with Crippen LogP contribution in [0.5, 0.6) is 11.5 Å². The van der Waals surface area contributed by atoms with E-state index in [-0.39, 0.29) is 6.79 Å². The maximum Gasteiger partial charge on any atom is 0.337 e. The molecule has 0 aromatic heterocycles. The monoisotopic (exact) mass is 384 g/mol. The van der Waals surface area contributed by atoms with E-state index in [0.29, 0.717) is 27.9 Å². The highest BCUT2D eigenvalue weighted by Crippen LogP contribution is 2.41. The molecule has 0 radical (unpaired) electrons. The number of allylic oxidation sites excluding steroid dienone is 1. The fourth-order valence-electron chi connectivity index (χ4n) is 2.46. The average molecular weight is 385 g/mol. The normalized spacial score (nSPS) is 19.6. The van der Waals surface area contributed by atoms with Crippen molar-refractivity contribution >= 4 is 39.2 Å². The summed E-state index contributed by atoms with van der Waals surface area (Å²) in [5, 5.41) is 6.48. The SMILES string of the molecule is COC(=O)C1=C(C)NC(=S)N[C@@H]1c1cc2c(cc1Br)OCO2. The van der Waals surface area contributed by atoms with E-state index in [1.165, 1.54) is 7.11 Å². The Morgan fingerprint density at radius 3 is 2.77 bits per heavy atom. The third kappa shape index (κ3) is 2.52. The molecule has 2 aliphatic rings. The third-order valence-corrected chi connectivity index (χ3v) is 4.38. The molecule has 2 aliphatic heterocycles. The van der Waals surface area contributed by atoms with Gasteiger partial charge in [-0.15, -0.1) is 0 Å². The van der Waals surface area contributed by atoms with E-state index >= 15 is 0 Å².